The first-order valence-corrected chi connectivity index (χ1v) is 5.33. The van der Waals surface area contributed by atoms with Gasteiger partial charge in [-0.05, 0) is 24.6 Å². The van der Waals surface area contributed by atoms with E-state index < -0.39 is 0 Å². The Morgan fingerprint density at radius 3 is 2.71 bits per heavy atom. The molecule has 5 heteroatoms. The molecule has 5 nitrogen and oxygen atoms in total. The average Bonchev–Trinajstić information content (AvgIpc) is 2.76. The molecule has 0 radical (unpaired) electrons. The van der Waals surface area contributed by atoms with E-state index in [0.29, 0.717) is 12.1 Å². The molecule has 0 fully saturated rings. The lowest BCUT2D eigenvalue weighted by Crippen LogP contribution is -2.26. The fraction of sp³-hybridized carbons (Fsp3) is 0.250. The fourth-order valence-corrected chi connectivity index (χ4v) is 1.61. The number of hydrogen-bond acceptors (Lipinski definition) is 3. The highest BCUT2D eigenvalue weighted by molar-refractivity contribution is 5.94. The monoisotopic (exact) mass is 230 g/mol. The van der Waals surface area contributed by atoms with Crippen LogP contribution in [-0.4, -0.2) is 33.0 Å². The number of aromatic nitrogens is 3. The molecule has 0 bridgehead atoms. The van der Waals surface area contributed by atoms with E-state index in [0.717, 1.165) is 11.3 Å². The third kappa shape index (κ3) is 2.50. The number of nitrogens with one attached hydrogen (secondary N) is 1. The quantitative estimate of drug-likeness (QED) is 0.866. The van der Waals surface area contributed by atoms with Crippen LogP contribution in [-0.2, 0) is 6.54 Å². The van der Waals surface area contributed by atoms with Crippen LogP contribution in [0.4, 0.5) is 0 Å². The lowest BCUT2D eigenvalue weighted by molar-refractivity contribution is 0.0784. The predicted molar refractivity (Wildman–Crippen MR) is 63.4 cm³/mol. The SMILES string of the molecule is Cc1[nH]ncc1C(=O)N(C)Cc1ccncc1. The van der Waals surface area contributed by atoms with Gasteiger partial charge in [-0.15, -0.1) is 0 Å². The molecular weight excluding hydrogens is 216 g/mol. The highest BCUT2D eigenvalue weighted by Crippen LogP contribution is 2.09. The summed E-state index contributed by atoms with van der Waals surface area (Å²) in [5, 5.41) is 6.61. The minimum absolute atomic E-state index is 0.0342. The van der Waals surface area contributed by atoms with Gasteiger partial charge in [-0.25, -0.2) is 0 Å². The second kappa shape index (κ2) is 4.78. The number of aryl methyl sites for hydroxylation is 1. The van der Waals surface area contributed by atoms with E-state index in [1.54, 1.807) is 30.5 Å². The maximum atomic E-state index is 12.1. The van der Waals surface area contributed by atoms with Crippen LogP contribution in [0.1, 0.15) is 21.6 Å². The molecular formula is C12H14N4O. The Hall–Kier alpha value is -2.17. The third-order valence-electron chi connectivity index (χ3n) is 2.58. The topological polar surface area (TPSA) is 61.9 Å². The average molecular weight is 230 g/mol. The van der Waals surface area contributed by atoms with Crippen LogP contribution in [0.3, 0.4) is 0 Å². The summed E-state index contributed by atoms with van der Waals surface area (Å²) >= 11 is 0. The van der Waals surface area contributed by atoms with Crippen LogP contribution in [0.25, 0.3) is 0 Å². The molecule has 88 valence electrons. The molecule has 0 aliphatic carbocycles. The summed E-state index contributed by atoms with van der Waals surface area (Å²) in [5.74, 6) is -0.0342. The summed E-state index contributed by atoms with van der Waals surface area (Å²) in [4.78, 5) is 17.7. The Bertz CT molecular complexity index is 506. The van der Waals surface area contributed by atoms with E-state index in [4.69, 9.17) is 0 Å². The molecule has 1 N–H and O–H groups in total. The van der Waals surface area contributed by atoms with Gasteiger partial charge in [0.2, 0.25) is 0 Å². The largest absolute Gasteiger partial charge is 0.337 e. The van der Waals surface area contributed by atoms with Gasteiger partial charge in [0.1, 0.15) is 0 Å². The Labute approximate surface area is 99.5 Å². The van der Waals surface area contributed by atoms with Crippen molar-refractivity contribution in [1.82, 2.24) is 20.1 Å². The number of pyridine rings is 1. The molecule has 1 amide bonds. The van der Waals surface area contributed by atoms with Gasteiger partial charge < -0.3 is 4.90 Å². The minimum Gasteiger partial charge on any atom is -0.337 e. The van der Waals surface area contributed by atoms with Gasteiger partial charge in [0.25, 0.3) is 5.91 Å². The Kier molecular flexibility index (Phi) is 3.18. The first-order valence-electron chi connectivity index (χ1n) is 5.33. The third-order valence-corrected chi connectivity index (χ3v) is 2.58. The molecule has 0 saturated heterocycles. The summed E-state index contributed by atoms with van der Waals surface area (Å²) in [7, 11) is 1.77. The highest BCUT2D eigenvalue weighted by Gasteiger charge is 2.15. The summed E-state index contributed by atoms with van der Waals surface area (Å²) in [5.41, 5.74) is 2.45. The zero-order valence-corrected chi connectivity index (χ0v) is 9.84. The normalized spacial score (nSPS) is 10.2. The number of hydrogen-bond donors (Lipinski definition) is 1. The highest BCUT2D eigenvalue weighted by atomic mass is 16.2. The summed E-state index contributed by atoms with van der Waals surface area (Å²) in [6, 6.07) is 3.79. The zero-order chi connectivity index (χ0) is 12.3. The maximum absolute atomic E-state index is 12.1. The van der Waals surface area contributed by atoms with E-state index in [1.807, 2.05) is 19.1 Å². The second-order valence-corrected chi connectivity index (χ2v) is 3.93. The van der Waals surface area contributed by atoms with Crippen LogP contribution in [0, 0.1) is 6.92 Å². The molecule has 0 aliphatic heterocycles. The van der Waals surface area contributed by atoms with Crippen LogP contribution < -0.4 is 0 Å². The standard InChI is InChI=1S/C12H14N4O/c1-9-11(7-14-15-9)12(17)16(2)8-10-3-5-13-6-4-10/h3-7H,8H2,1-2H3,(H,14,15). The fourth-order valence-electron chi connectivity index (χ4n) is 1.61. The summed E-state index contributed by atoms with van der Waals surface area (Å²) < 4.78 is 0. The van der Waals surface area contributed by atoms with Crippen molar-refractivity contribution in [2.24, 2.45) is 0 Å². The lowest BCUT2D eigenvalue weighted by atomic mass is 10.2. The van der Waals surface area contributed by atoms with Crippen molar-refractivity contribution >= 4 is 5.91 Å². The Morgan fingerprint density at radius 2 is 2.12 bits per heavy atom. The van der Waals surface area contributed by atoms with E-state index in [1.165, 1.54) is 0 Å². The van der Waals surface area contributed by atoms with Crippen molar-refractivity contribution in [2.45, 2.75) is 13.5 Å². The minimum atomic E-state index is -0.0342. The van der Waals surface area contributed by atoms with E-state index in [-0.39, 0.29) is 5.91 Å². The number of carbonyl (C=O) groups is 1. The summed E-state index contributed by atoms with van der Waals surface area (Å²) in [6.07, 6.45) is 4.99. The molecule has 2 rings (SSSR count). The maximum Gasteiger partial charge on any atom is 0.257 e. The van der Waals surface area contributed by atoms with Crippen molar-refractivity contribution in [3.63, 3.8) is 0 Å². The van der Waals surface area contributed by atoms with Gasteiger partial charge in [0.05, 0.1) is 11.8 Å². The van der Waals surface area contributed by atoms with Crippen molar-refractivity contribution in [3.8, 4) is 0 Å². The predicted octanol–water partition coefficient (Wildman–Crippen LogP) is 1.39. The molecule has 0 aromatic carbocycles. The molecule has 2 heterocycles. The van der Waals surface area contributed by atoms with Crippen LogP contribution in [0.5, 0.6) is 0 Å². The van der Waals surface area contributed by atoms with E-state index in [2.05, 4.69) is 15.2 Å². The Morgan fingerprint density at radius 1 is 1.41 bits per heavy atom. The van der Waals surface area contributed by atoms with Gasteiger partial charge in [-0.2, -0.15) is 5.10 Å². The van der Waals surface area contributed by atoms with Crippen molar-refractivity contribution in [3.05, 3.63) is 47.5 Å². The number of H-pyrrole nitrogens is 1. The van der Waals surface area contributed by atoms with Gasteiger partial charge in [-0.1, -0.05) is 0 Å². The smallest absolute Gasteiger partial charge is 0.257 e. The molecule has 17 heavy (non-hydrogen) atoms. The van der Waals surface area contributed by atoms with Crippen LogP contribution >= 0.6 is 0 Å². The number of aromatic amines is 1. The first-order chi connectivity index (χ1) is 8.18. The number of nitrogens with zero attached hydrogens (tertiary/aromatic N) is 3. The number of amides is 1. The molecule has 0 spiro atoms. The van der Waals surface area contributed by atoms with Gasteiger partial charge in [-0.3, -0.25) is 14.9 Å². The molecule has 2 aromatic heterocycles. The molecule has 0 unspecified atom stereocenters. The number of rotatable bonds is 3. The van der Waals surface area contributed by atoms with Crippen LogP contribution in [0.15, 0.2) is 30.7 Å². The lowest BCUT2D eigenvalue weighted by Gasteiger charge is -2.16. The Balaban J connectivity index is 2.09. The van der Waals surface area contributed by atoms with E-state index in [9.17, 15) is 4.79 Å². The van der Waals surface area contributed by atoms with Gasteiger partial charge in [0.15, 0.2) is 0 Å². The molecule has 0 atom stereocenters. The van der Waals surface area contributed by atoms with Crippen molar-refractivity contribution in [1.29, 1.82) is 0 Å². The van der Waals surface area contributed by atoms with Crippen molar-refractivity contribution < 1.29 is 4.79 Å². The van der Waals surface area contributed by atoms with Crippen molar-refractivity contribution in [2.75, 3.05) is 7.05 Å². The van der Waals surface area contributed by atoms with E-state index >= 15 is 0 Å². The molecule has 2 aromatic rings. The van der Waals surface area contributed by atoms with Crippen LogP contribution in [0.2, 0.25) is 0 Å². The number of carbonyl (C=O) groups excluding carboxylic acids is 1. The molecule has 0 aliphatic rings. The first kappa shape index (κ1) is 11.3. The molecule has 0 saturated carbocycles. The summed E-state index contributed by atoms with van der Waals surface area (Å²) in [6.45, 7) is 2.40. The van der Waals surface area contributed by atoms with Gasteiger partial charge >= 0.3 is 0 Å². The zero-order valence-electron chi connectivity index (χ0n) is 9.84. The van der Waals surface area contributed by atoms with Gasteiger partial charge in [0, 0.05) is 31.7 Å². The second-order valence-electron chi connectivity index (χ2n) is 3.93.